The number of aryl methyl sites for hydroxylation is 1. The topological polar surface area (TPSA) is 44.1 Å². The molecule has 0 spiro atoms. The molecule has 2 aromatic rings. The Morgan fingerprint density at radius 2 is 2.21 bits per heavy atom. The monoisotopic (exact) mass is 328 g/mol. The van der Waals surface area contributed by atoms with Gasteiger partial charge in [-0.3, -0.25) is 0 Å². The van der Waals surface area contributed by atoms with Crippen molar-refractivity contribution in [1.82, 2.24) is 9.55 Å². The number of nitrogens with zero attached hydrogens (tertiary/aromatic N) is 2. The van der Waals surface area contributed by atoms with Crippen molar-refractivity contribution in [3.05, 3.63) is 28.2 Å². The maximum absolute atomic E-state index is 13.6. The van der Waals surface area contributed by atoms with Gasteiger partial charge in [-0.05, 0) is 34.8 Å². The highest BCUT2D eigenvalue weighted by Crippen LogP contribution is 2.24. The Morgan fingerprint density at radius 3 is 2.84 bits per heavy atom. The summed E-state index contributed by atoms with van der Waals surface area (Å²) < 4.78 is 20.3. The Labute approximate surface area is 118 Å². The van der Waals surface area contributed by atoms with Gasteiger partial charge in [-0.1, -0.05) is 13.8 Å². The predicted octanol–water partition coefficient (Wildman–Crippen LogP) is 3.89. The van der Waals surface area contributed by atoms with Crippen LogP contribution >= 0.6 is 15.9 Å². The van der Waals surface area contributed by atoms with E-state index in [-0.39, 0.29) is 5.92 Å². The van der Waals surface area contributed by atoms with Crippen LogP contribution in [0.2, 0.25) is 0 Å². The summed E-state index contributed by atoms with van der Waals surface area (Å²) in [4.78, 5) is 16.2. The van der Waals surface area contributed by atoms with Crippen LogP contribution in [-0.2, 0) is 4.74 Å². The van der Waals surface area contributed by atoms with E-state index in [1.165, 1.54) is 10.6 Å². The summed E-state index contributed by atoms with van der Waals surface area (Å²) in [6, 6.07) is 2.82. The largest absolute Gasteiger partial charge is 0.449 e. The molecule has 19 heavy (non-hydrogen) atoms. The summed E-state index contributed by atoms with van der Waals surface area (Å²) in [7, 11) is 0. The van der Waals surface area contributed by atoms with Gasteiger partial charge in [0.2, 0.25) is 0 Å². The Balaban J connectivity index is 2.45. The molecule has 1 aromatic heterocycles. The zero-order valence-corrected chi connectivity index (χ0v) is 12.5. The maximum Gasteiger partial charge on any atom is 0.419 e. The van der Waals surface area contributed by atoms with Crippen LogP contribution in [-0.4, -0.2) is 22.3 Å². The highest BCUT2D eigenvalue weighted by molar-refractivity contribution is 9.10. The third-order valence-electron chi connectivity index (χ3n) is 2.59. The molecule has 0 fully saturated rings. The van der Waals surface area contributed by atoms with E-state index >= 15 is 0 Å². The van der Waals surface area contributed by atoms with E-state index in [1.54, 1.807) is 13.0 Å². The van der Waals surface area contributed by atoms with Gasteiger partial charge in [0.1, 0.15) is 11.6 Å². The van der Waals surface area contributed by atoms with Gasteiger partial charge < -0.3 is 4.74 Å². The summed E-state index contributed by atoms with van der Waals surface area (Å²) in [5, 5.41) is 0. The Kier molecular flexibility index (Phi) is 3.89. The van der Waals surface area contributed by atoms with E-state index in [0.717, 1.165) is 0 Å². The average molecular weight is 329 g/mol. The van der Waals surface area contributed by atoms with Crippen molar-refractivity contribution in [2.75, 3.05) is 6.61 Å². The molecule has 0 saturated heterocycles. The standard InChI is InChI=1S/C13H14BrFN2O2/c1-7(2)6-19-13(18)17-8(3)16-11-4-9(14)10(15)5-12(11)17/h4-5,7H,6H2,1-3H3. The third-order valence-corrected chi connectivity index (χ3v) is 3.19. The number of halogens is 2. The molecule has 1 heterocycles. The highest BCUT2D eigenvalue weighted by atomic mass is 79.9. The van der Waals surface area contributed by atoms with Crippen molar-refractivity contribution < 1.29 is 13.9 Å². The minimum Gasteiger partial charge on any atom is -0.449 e. The minimum absolute atomic E-state index is 0.241. The summed E-state index contributed by atoms with van der Waals surface area (Å²) in [6.45, 7) is 5.89. The first-order valence-electron chi connectivity index (χ1n) is 5.91. The summed E-state index contributed by atoms with van der Waals surface area (Å²) >= 11 is 3.10. The highest BCUT2D eigenvalue weighted by Gasteiger charge is 2.17. The average Bonchev–Trinajstić information content (AvgIpc) is 2.62. The first-order chi connectivity index (χ1) is 8.90. The van der Waals surface area contributed by atoms with Crippen molar-refractivity contribution in [3.8, 4) is 0 Å². The number of ether oxygens (including phenoxy) is 1. The van der Waals surface area contributed by atoms with Crippen molar-refractivity contribution >= 4 is 33.1 Å². The molecule has 4 nitrogen and oxygen atoms in total. The van der Waals surface area contributed by atoms with E-state index in [9.17, 15) is 9.18 Å². The zero-order valence-electron chi connectivity index (χ0n) is 10.9. The fourth-order valence-corrected chi connectivity index (χ4v) is 2.06. The van der Waals surface area contributed by atoms with Gasteiger partial charge in [0.15, 0.2) is 0 Å². The molecule has 0 aliphatic carbocycles. The Bertz CT molecular complexity index is 637. The second-order valence-electron chi connectivity index (χ2n) is 4.72. The van der Waals surface area contributed by atoms with Gasteiger partial charge >= 0.3 is 6.09 Å². The number of aromatic nitrogens is 2. The van der Waals surface area contributed by atoms with Crippen molar-refractivity contribution in [2.24, 2.45) is 5.92 Å². The van der Waals surface area contributed by atoms with Gasteiger partial charge in [-0.2, -0.15) is 0 Å². The van der Waals surface area contributed by atoms with Crippen LogP contribution in [0.15, 0.2) is 16.6 Å². The quantitative estimate of drug-likeness (QED) is 0.840. The van der Waals surface area contributed by atoms with Gasteiger partial charge in [0, 0.05) is 6.07 Å². The molecule has 0 aliphatic heterocycles. The van der Waals surface area contributed by atoms with E-state index in [2.05, 4.69) is 20.9 Å². The molecule has 0 radical (unpaired) electrons. The van der Waals surface area contributed by atoms with E-state index in [4.69, 9.17) is 4.74 Å². The fraction of sp³-hybridized carbons (Fsp3) is 0.385. The fourth-order valence-electron chi connectivity index (χ4n) is 1.73. The number of carbonyl (C=O) groups is 1. The molecule has 0 bridgehead atoms. The molecule has 6 heteroatoms. The number of carbonyl (C=O) groups excluding carboxylic acids is 1. The van der Waals surface area contributed by atoms with E-state index in [0.29, 0.717) is 27.9 Å². The van der Waals surface area contributed by atoms with Gasteiger partial charge in [-0.15, -0.1) is 0 Å². The Hall–Kier alpha value is -1.43. The van der Waals surface area contributed by atoms with Gasteiger partial charge in [-0.25, -0.2) is 18.7 Å². The number of fused-ring (bicyclic) bond motifs is 1. The molecule has 0 unspecified atom stereocenters. The predicted molar refractivity (Wildman–Crippen MR) is 73.7 cm³/mol. The molecule has 102 valence electrons. The molecule has 0 N–H and O–H groups in total. The number of hydrogen-bond acceptors (Lipinski definition) is 3. The van der Waals surface area contributed by atoms with Crippen LogP contribution in [0.3, 0.4) is 0 Å². The molecule has 0 amide bonds. The van der Waals surface area contributed by atoms with Crippen LogP contribution in [0, 0.1) is 18.7 Å². The summed E-state index contributed by atoms with van der Waals surface area (Å²) in [6.07, 6.45) is -0.532. The first-order valence-corrected chi connectivity index (χ1v) is 6.70. The second kappa shape index (κ2) is 5.28. The van der Waals surface area contributed by atoms with Gasteiger partial charge in [0.05, 0.1) is 22.1 Å². The van der Waals surface area contributed by atoms with Crippen LogP contribution < -0.4 is 0 Å². The molecule has 1 aromatic carbocycles. The smallest absolute Gasteiger partial charge is 0.419 e. The number of imidazole rings is 1. The maximum atomic E-state index is 13.6. The summed E-state index contributed by atoms with van der Waals surface area (Å²) in [5.74, 6) is 0.275. The van der Waals surface area contributed by atoms with Crippen molar-refractivity contribution in [1.29, 1.82) is 0 Å². The van der Waals surface area contributed by atoms with Crippen LogP contribution in [0.5, 0.6) is 0 Å². The first kappa shape index (κ1) is 14.0. The lowest BCUT2D eigenvalue weighted by Crippen LogP contribution is -2.17. The molecule has 2 rings (SSSR count). The molecule has 0 aliphatic rings. The molecular formula is C13H14BrFN2O2. The van der Waals surface area contributed by atoms with Crippen LogP contribution in [0.1, 0.15) is 19.7 Å². The number of rotatable bonds is 2. The zero-order chi connectivity index (χ0) is 14.2. The lowest BCUT2D eigenvalue weighted by Gasteiger charge is -2.09. The third kappa shape index (κ3) is 2.78. The minimum atomic E-state index is -0.532. The van der Waals surface area contributed by atoms with E-state index in [1.807, 2.05) is 13.8 Å². The van der Waals surface area contributed by atoms with Crippen molar-refractivity contribution in [3.63, 3.8) is 0 Å². The van der Waals surface area contributed by atoms with Crippen LogP contribution in [0.25, 0.3) is 11.0 Å². The lowest BCUT2D eigenvalue weighted by atomic mass is 10.2. The normalized spacial score (nSPS) is 11.3. The molecular weight excluding hydrogens is 315 g/mol. The number of hydrogen-bond donors (Lipinski definition) is 0. The lowest BCUT2D eigenvalue weighted by molar-refractivity contribution is 0.135. The molecule has 0 atom stereocenters. The Morgan fingerprint density at radius 1 is 1.53 bits per heavy atom. The van der Waals surface area contributed by atoms with E-state index < -0.39 is 11.9 Å². The summed E-state index contributed by atoms with van der Waals surface area (Å²) in [5.41, 5.74) is 0.958. The van der Waals surface area contributed by atoms with Crippen molar-refractivity contribution in [2.45, 2.75) is 20.8 Å². The second-order valence-corrected chi connectivity index (χ2v) is 5.57. The van der Waals surface area contributed by atoms with Crippen LogP contribution in [0.4, 0.5) is 9.18 Å². The van der Waals surface area contributed by atoms with Gasteiger partial charge in [0.25, 0.3) is 0 Å². The number of benzene rings is 1. The SMILES string of the molecule is Cc1nc2cc(Br)c(F)cc2n1C(=O)OCC(C)C. The molecule has 0 saturated carbocycles.